The van der Waals surface area contributed by atoms with Gasteiger partial charge in [0.2, 0.25) is 0 Å². The Morgan fingerprint density at radius 3 is 2.75 bits per heavy atom. The molecule has 20 heavy (non-hydrogen) atoms. The highest BCUT2D eigenvalue weighted by molar-refractivity contribution is 7.99. The van der Waals surface area contributed by atoms with Gasteiger partial charge in [-0.2, -0.15) is 4.68 Å². The van der Waals surface area contributed by atoms with Crippen molar-refractivity contribution < 1.29 is 4.79 Å². The predicted molar refractivity (Wildman–Crippen MR) is 79.9 cm³/mol. The summed E-state index contributed by atoms with van der Waals surface area (Å²) in [4.78, 5) is 18.2. The first-order valence-corrected chi connectivity index (χ1v) is 7.87. The van der Waals surface area contributed by atoms with Gasteiger partial charge in [0.05, 0.1) is 5.75 Å². The second-order valence-electron chi connectivity index (χ2n) is 5.17. The Hall–Kier alpha value is -1.48. The van der Waals surface area contributed by atoms with Crippen LogP contribution in [0.4, 0.5) is 4.79 Å². The van der Waals surface area contributed by atoms with Crippen molar-refractivity contribution in [1.29, 1.82) is 0 Å². The molecule has 0 radical (unpaired) electrons. The van der Waals surface area contributed by atoms with E-state index in [-0.39, 0.29) is 6.03 Å². The van der Waals surface area contributed by atoms with Gasteiger partial charge >= 0.3 is 6.03 Å². The Balaban J connectivity index is 2.26. The fourth-order valence-corrected chi connectivity index (χ4v) is 2.97. The SMILES string of the molecule is C#CCSc1nc(C2CCCCC2)nn1C(=O)N(C)C. The number of carbonyl (C=O) groups excluding carboxylic acids is 1. The molecule has 0 atom stereocenters. The minimum atomic E-state index is -0.181. The third-order valence-corrected chi connectivity index (χ3v) is 4.25. The highest BCUT2D eigenvalue weighted by Crippen LogP contribution is 2.31. The van der Waals surface area contributed by atoms with Gasteiger partial charge in [0, 0.05) is 20.0 Å². The number of nitrogens with zero attached hydrogens (tertiary/aromatic N) is 4. The van der Waals surface area contributed by atoms with E-state index in [0.717, 1.165) is 18.7 Å². The Labute approximate surface area is 124 Å². The zero-order valence-corrected chi connectivity index (χ0v) is 12.8. The molecule has 1 aliphatic rings. The van der Waals surface area contributed by atoms with Gasteiger partial charge in [-0.15, -0.1) is 11.5 Å². The topological polar surface area (TPSA) is 51.0 Å². The van der Waals surface area contributed by atoms with Crippen molar-refractivity contribution in [3.8, 4) is 12.3 Å². The number of aromatic nitrogens is 3. The molecule has 0 N–H and O–H groups in total. The lowest BCUT2D eigenvalue weighted by atomic mass is 9.89. The Morgan fingerprint density at radius 2 is 2.15 bits per heavy atom. The summed E-state index contributed by atoms with van der Waals surface area (Å²) in [5, 5.41) is 5.03. The van der Waals surface area contributed by atoms with Crippen LogP contribution in [-0.2, 0) is 0 Å². The molecule has 0 saturated heterocycles. The fourth-order valence-electron chi connectivity index (χ4n) is 2.36. The van der Waals surface area contributed by atoms with Crippen molar-refractivity contribution in [3.63, 3.8) is 0 Å². The molecular formula is C14H20N4OS. The summed E-state index contributed by atoms with van der Waals surface area (Å²) >= 11 is 1.38. The molecule has 2 rings (SSSR count). The van der Waals surface area contributed by atoms with Gasteiger partial charge in [-0.3, -0.25) is 0 Å². The maximum absolute atomic E-state index is 12.1. The molecule has 1 aliphatic carbocycles. The molecule has 1 saturated carbocycles. The molecule has 0 unspecified atom stereocenters. The maximum Gasteiger partial charge on any atom is 0.346 e. The average molecular weight is 292 g/mol. The fraction of sp³-hybridized carbons (Fsp3) is 0.643. The highest BCUT2D eigenvalue weighted by Gasteiger charge is 2.24. The Morgan fingerprint density at radius 1 is 1.45 bits per heavy atom. The van der Waals surface area contributed by atoms with Crippen LogP contribution in [0.15, 0.2) is 5.16 Å². The second kappa shape index (κ2) is 6.80. The maximum atomic E-state index is 12.1. The first-order chi connectivity index (χ1) is 9.63. The molecule has 0 bridgehead atoms. The molecular weight excluding hydrogens is 272 g/mol. The summed E-state index contributed by atoms with van der Waals surface area (Å²) in [6, 6.07) is -0.181. The van der Waals surface area contributed by atoms with Crippen LogP contribution < -0.4 is 0 Å². The highest BCUT2D eigenvalue weighted by atomic mass is 32.2. The first-order valence-electron chi connectivity index (χ1n) is 6.88. The van der Waals surface area contributed by atoms with Crippen molar-refractivity contribution in [2.45, 2.75) is 43.2 Å². The van der Waals surface area contributed by atoms with Crippen LogP contribution in [-0.4, -0.2) is 45.5 Å². The van der Waals surface area contributed by atoms with Crippen LogP contribution in [0.5, 0.6) is 0 Å². The molecule has 1 fully saturated rings. The van der Waals surface area contributed by atoms with E-state index in [2.05, 4.69) is 16.0 Å². The smallest absolute Gasteiger partial charge is 0.329 e. The lowest BCUT2D eigenvalue weighted by Gasteiger charge is -2.18. The van der Waals surface area contributed by atoms with Gasteiger partial charge in [-0.1, -0.05) is 36.9 Å². The molecule has 1 aromatic heterocycles. The van der Waals surface area contributed by atoms with Crippen molar-refractivity contribution in [2.75, 3.05) is 19.8 Å². The molecule has 0 aliphatic heterocycles. The molecule has 1 aromatic rings. The van der Waals surface area contributed by atoms with E-state index >= 15 is 0 Å². The van der Waals surface area contributed by atoms with Gasteiger partial charge in [-0.05, 0) is 12.8 Å². The number of hydrogen-bond acceptors (Lipinski definition) is 4. The normalized spacial score (nSPS) is 15.8. The van der Waals surface area contributed by atoms with Gasteiger partial charge in [0.1, 0.15) is 0 Å². The van der Waals surface area contributed by atoms with Gasteiger partial charge in [-0.25, -0.2) is 9.78 Å². The predicted octanol–water partition coefficient (Wildman–Crippen LogP) is 2.58. The van der Waals surface area contributed by atoms with Crippen LogP contribution >= 0.6 is 11.8 Å². The van der Waals surface area contributed by atoms with Crippen molar-refractivity contribution in [3.05, 3.63) is 5.82 Å². The monoisotopic (exact) mass is 292 g/mol. The quantitative estimate of drug-likeness (QED) is 0.634. The summed E-state index contributed by atoms with van der Waals surface area (Å²) in [6.07, 6.45) is 11.2. The lowest BCUT2D eigenvalue weighted by molar-refractivity contribution is 0.213. The number of rotatable bonds is 3. The minimum Gasteiger partial charge on any atom is -0.329 e. The van der Waals surface area contributed by atoms with E-state index in [4.69, 9.17) is 6.42 Å². The lowest BCUT2D eigenvalue weighted by Crippen LogP contribution is -2.29. The zero-order chi connectivity index (χ0) is 14.5. The third kappa shape index (κ3) is 3.34. The standard InChI is InChI=1S/C14H20N4OS/c1-4-10-20-13-15-12(11-8-6-5-7-9-11)16-18(13)14(19)17(2)3/h1,11H,5-10H2,2-3H3. The zero-order valence-electron chi connectivity index (χ0n) is 12.0. The number of terminal acetylenes is 1. The largest absolute Gasteiger partial charge is 0.346 e. The molecule has 108 valence electrons. The summed E-state index contributed by atoms with van der Waals surface area (Å²) in [6.45, 7) is 0. The van der Waals surface area contributed by atoms with E-state index in [9.17, 15) is 4.79 Å². The number of amides is 1. The number of carbonyl (C=O) groups is 1. The van der Waals surface area contributed by atoms with Crippen LogP contribution in [0.2, 0.25) is 0 Å². The van der Waals surface area contributed by atoms with Gasteiger partial charge < -0.3 is 4.90 Å². The van der Waals surface area contributed by atoms with Gasteiger partial charge in [0.25, 0.3) is 0 Å². The van der Waals surface area contributed by atoms with Crippen LogP contribution in [0.25, 0.3) is 0 Å². The number of hydrogen-bond donors (Lipinski definition) is 0. The van der Waals surface area contributed by atoms with E-state index in [1.165, 1.54) is 40.6 Å². The minimum absolute atomic E-state index is 0.181. The van der Waals surface area contributed by atoms with E-state index in [1.54, 1.807) is 14.1 Å². The van der Waals surface area contributed by atoms with Crippen molar-refractivity contribution >= 4 is 17.8 Å². The van der Waals surface area contributed by atoms with Crippen molar-refractivity contribution in [2.24, 2.45) is 0 Å². The number of thioether (sulfide) groups is 1. The summed E-state index contributed by atoms with van der Waals surface area (Å²) in [5.41, 5.74) is 0. The molecule has 1 amide bonds. The summed E-state index contributed by atoms with van der Waals surface area (Å²) in [7, 11) is 3.42. The van der Waals surface area contributed by atoms with Crippen LogP contribution in [0.1, 0.15) is 43.8 Å². The van der Waals surface area contributed by atoms with E-state index in [0.29, 0.717) is 16.8 Å². The van der Waals surface area contributed by atoms with E-state index in [1.807, 2.05) is 0 Å². The van der Waals surface area contributed by atoms with Gasteiger partial charge in [0.15, 0.2) is 11.0 Å². The molecule has 6 heteroatoms. The van der Waals surface area contributed by atoms with Crippen LogP contribution in [0, 0.1) is 12.3 Å². The molecule has 0 spiro atoms. The first kappa shape index (κ1) is 14.9. The molecule has 1 heterocycles. The van der Waals surface area contributed by atoms with E-state index < -0.39 is 0 Å². The van der Waals surface area contributed by atoms with Crippen LogP contribution in [0.3, 0.4) is 0 Å². The Kier molecular flexibility index (Phi) is 5.07. The second-order valence-corrected chi connectivity index (χ2v) is 6.11. The summed E-state index contributed by atoms with van der Waals surface area (Å²) < 4.78 is 1.38. The molecule has 0 aromatic carbocycles. The third-order valence-electron chi connectivity index (χ3n) is 3.41. The average Bonchev–Trinajstić information content (AvgIpc) is 2.89. The van der Waals surface area contributed by atoms with Crippen molar-refractivity contribution in [1.82, 2.24) is 19.7 Å². The summed E-state index contributed by atoms with van der Waals surface area (Å²) in [5.74, 6) is 4.22. The Bertz CT molecular complexity index is 512. The molecule has 5 nitrogen and oxygen atoms in total.